The van der Waals surface area contributed by atoms with Gasteiger partial charge in [0, 0.05) is 20.0 Å². The van der Waals surface area contributed by atoms with Gasteiger partial charge in [0.2, 0.25) is 5.91 Å². The molecule has 0 saturated heterocycles. The molecule has 0 fully saturated rings. The summed E-state index contributed by atoms with van der Waals surface area (Å²) in [5.74, 6) is -0.00295. The van der Waals surface area contributed by atoms with E-state index in [9.17, 15) is 9.59 Å². The fraction of sp³-hybridized carbons (Fsp3) is 0.222. The summed E-state index contributed by atoms with van der Waals surface area (Å²) in [6.45, 7) is 0.922. The Hall–Kier alpha value is -2.62. The summed E-state index contributed by atoms with van der Waals surface area (Å²) in [5.41, 5.74) is 2.31. The van der Waals surface area contributed by atoms with Crippen LogP contribution in [0.1, 0.15) is 22.3 Å². The van der Waals surface area contributed by atoms with Crippen LogP contribution in [-0.4, -0.2) is 30.3 Å². The van der Waals surface area contributed by atoms with Crippen LogP contribution in [-0.2, 0) is 11.3 Å². The Bertz CT molecular complexity index is 697. The largest absolute Gasteiger partial charge is 0.341 e. The molecule has 0 unspecified atom stereocenters. The van der Waals surface area contributed by atoms with E-state index in [2.05, 4.69) is 0 Å². The van der Waals surface area contributed by atoms with Gasteiger partial charge < -0.3 is 9.80 Å². The van der Waals surface area contributed by atoms with Crippen LogP contribution in [0.4, 0.5) is 5.69 Å². The Morgan fingerprint density at radius 2 is 1.64 bits per heavy atom. The minimum atomic E-state index is -0.0406. The van der Waals surface area contributed by atoms with Crippen LogP contribution >= 0.6 is 0 Å². The van der Waals surface area contributed by atoms with Crippen molar-refractivity contribution in [2.24, 2.45) is 0 Å². The minimum Gasteiger partial charge on any atom is -0.341 e. The molecule has 0 saturated carbocycles. The number of nitrogens with zero attached hydrogens (tertiary/aromatic N) is 2. The second kappa shape index (κ2) is 6.02. The molecular formula is C18H18N2O2. The van der Waals surface area contributed by atoms with Crippen LogP contribution in [0.2, 0.25) is 0 Å². The van der Waals surface area contributed by atoms with Crippen LogP contribution in [0, 0.1) is 0 Å². The maximum atomic E-state index is 12.6. The van der Waals surface area contributed by atoms with Crippen LogP contribution < -0.4 is 4.90 Å². The van der Waals surface area contributed by atoms with Gasteiger partial charge in [-0.2, -0.15) is 0 Å². The van der Waals surface area contributed by atoms with Gasteiger partial charge in [0.15, 0.2) is 0 Å². The number of fused-ring (bicyclic) bond motifs is 1. The number of benzene rings is 2. The van der Waals surface area contributed by atoms with Crippen molar-refractivity contribution in [2.45, 2.75) is 13.0 Å². The zero-order valence-corrected chi connectivity index (χ0v) is 12.5. The number of anilines is 1. The molecule has 0 atom stereocenters. The van der Waals surface area contributed by atoms with Crippen molar-refractivity contribution in [3.8, 4) is 0 Å². The Morgan fingerprint density at radius 3 is 2.41 bits per heavy atom. The first-order valence-corrected chi connectivity index (χ1v) is 7.35. The number of amides is 2. The molecule has 22 heavy (non-hydrogen) atoms. The zero-order valence-electron chi connectivity index (χ0n) is 12.5. The highest BCUT2D eigenvalue weighted by Gasteiger charge is 2.26. The Labute approximate surface area is 130 Å². The Balaban J connectivity index is 2.03. The minimum absolute atomic E-state index is 0.0376. The van der Waals surface area contributed by atoms with E-state index < -0.39 is 0 Å². The summed E-state index contributed by atoms with van der Waals surface area (Å²) in [6.07, 6.45) is 0.337. The SMILES string of the molecule is CN1CCC(=O)N(Cc2ccccc2)c2ccccc2C1=O. The summed E-state index contributed by atoms with van der Waals surface area (Å²) in [7, 11) is 1.74. The predicted molar refractivity (Wildman–Crippen MR) is 85.7 cm³/mol. The lowest BCUT2D eigenvalue weighted by Crippen LogP contribution is -2.39. The van der Waals surface area contributed by atoms with Gasteiger partial charge in [-0.1, -0.05) is 42.5 Å². The van der Waals surface area contributed by atoms with Crippen molar-refractivity contribution in [1.82, 2.24) is 4.90 Å². The number of carbonyl (C=O) groups is 2. The highest BCUT2D eigenvalue weighted by Crippen LogP contribution is 2.26. The molecule has 112 valence electrons. The van der Waals surface area contributed by atoms with Crippen molar-refractivity contribution in [3.63, 3.8) is 0 Å². The molecule has 4 heteroatoms. The molecule has 0 radical (unpaired) electrons. The molecule has 0 aliphatic carbocycles. The van der Waals surface area contributed by atoms with Crippen LogP contribution in [0.25, 0.3) is 0 Å². The summed E-state index contributed by atoms with van der Waals surface area (Å²) >= 11 is 0. The van der Waals surface area contributed by atoms with Crippen LogP contribution in [0.15, 0.2) is 54.6 Å². The van der Waals surface area contributed by atoms with Crippen LogP contribution in [0.3, 0.4) is 0 Å². The fourth-order valence-electron chi connectivity index (χ4n) is 2.67. The average Bonchev–Trinajstić information content (AvgIpc) is 2.57. The normalized spacial score (nSPS) is 15.3. The molecular weight excluding hydrogens is 276 g/mol. The Morgan fingerprint density at radius 1 is 0.955 bits per heavy atom. The van der Waals surface area contributed by atoms with E-state index in [4.69, 9.17) is 0 Å². The molecule has 2 aromatic rings. The van der Waals surface area contributed by atoms with Crippen LogP contribution in [0.5, 0.6) is 0 Å². The Kier molecular flexibility index (Phi) is 3.92. The third kappa shape index (κ3) is 2.72. The first-order chi connectivity index (χ1) is 10.7. The number of carbonyl (C=O) groups excluding carboxylic acids is 2. The van der Waals surface area contributed by atoms with Crippen molar-refractivity contribution >= 4 is 17.5 Å². The summed E-state index contributed by atoms with van der Waals surface area (Å²) in [4.78, 5) is 28.4. The standard InChI is InChI=1S/C18H18N2O2/c1-19-12-11-17(21)20(13-14-7-3-2-4-8-14)16-10-6-5-9-15(16)18(19)22/h2-10H,11-13H2,1H3. The summed E-state index contributed by atoms with van der Waals surface area (Å²) in [6, 6.07) is 17.1. The van der Waals surface area contributed by atoms with E-state index >= 15 is 0 Å². The second-order valence-electron chi connectivity index (χ2n) is 5.46. The molecule has 1 heterocycles. The van der Waals surface area contributed by atoms with E-state index in [1.54, 1.807) is 22.9 Å². The van der Waals surface area contributed by atoms with Crippen molar-refractivity contribution in [1.29, 1.82) is 0 Å². The molecule has 1 aliphatic heterocycles. The molecule has 0 bridgehead atoms. The predicted octanol–water partition coefficient (Wildman–Crippen LogP) is 2.70. The van der Waals surface area contributed by atoms with E-state index in [1.165, 1.54) is 0 Å². The van der Waals surface area contributed by atoms with E-state index in [-0.39, 0.29) is 11.8 Å². The molecule has 0 N–H and O–H groups in total. The molecule has 4 nitrogen and oxygen atoms in total. The van der Waals surface area contributed by atoms with Gasteiger partial charge >= 0.3 is 0 Å². The molecule has 0 spiro atoms. The topological polar surface area (TPSA) is 40.6 Å². The summed E-state index contributed by atoms with van der Waals surface area (Å²) in [5, 5.41) is 0. The monoisotopic (exact) mass is 294 g/mol. The van der Waals surface area contributed by atoms with Gasteiger partial charge in [0.05, 0.1) is 17.8 Å². The van der Waals surface area contributed by atoms with E-state index in [0.717, 1.165) is 5.56 Å². The lowest BCUT2D eigenvalue weighted by atomic mass is 10.1. The second-order valence-corrected chi connectivity index (χ2v) is 5.46. The molecule has 0 aromatic heterocycles. The number of hydrogen-bond acceptors (Lipinski definition) is 2. The smallest absolute Gasteiger partial charge is 0.255 e. The van der Waals surface area contributed by atoms with E-state index in [0.29, 0.717) is 30.8 Å². The van der Waals surface area contributed by atoms with Gasteiger partial charge in [-0.15, -0.1) is 0 Å². The van der Waals surface area contributed by atoms with Gasteiger partial charge in [-0.3, -0.25) is 9.59 Å². The van der Waals surface area contributed by atoms with Crippen molar-refractivity contribution in [3.05, 3.63) is 65.7 Å². The maximum Gasteiger partial charge on any atom is 0.255 e. The van der Waals surface area contributed by atoms with Gasteiger partial charge in [0.1, 0.15) is 0 Å². The summed E-state index contributed by atoms with van der Waals surface area (Å²) < 4.78 is 0. The maximum absolute atomic E-state index is 12.6. The lowest BCUT2D eigenvalue weighted by Gasteiger charge is -2.30. The number of para-hydroxylation sites is 1. The van der Waals surface area contributed by atoms with Gasteiger partial charge in [0.25, 0.3) is 5.91 Å². The highest BCUT2D eigenvalue weighted by molar-refractivity contribution is 6.06. The first-order valence-electron chi connectivity index (χ1n) is 7.35. The third-order valence-corrected chi connectivity index (χ3v) is 3.92. The lowest BCUT2D eigenvalue weighted by molar-refractivity contribution is -0.119. The van der Waals surface area contributed by atoms with Crippen molar-refractivity contribution in [2.75, 3.05) is 18.5 Å². The highest BCUT2D eigenvalue weighted by atomic mass is 16.2. The molecule has 3 rings (SSSR count). The third-order valence-electron chi connectivity index (χ3n) is 3.92. The van der Waals surface area contributed by atoms with E-state index in [1.807, 2.05) is 48.5 Å². The first kappa shape index (κ1) is 14.3. The molecule has 2 aromatic carbocycles. The van der Waals surface area contributed by atoms with Gasteiger partial charge in [-0.05, 0) is 17.7 Å². The number of hydrogen-bond donors (Lipinski definition) is 0. The fourth-order valence-corrected chi connectivity index (χ4v) is 2.67. The van der Waals surface area contributed by atoms with Crippen molar-refractivity contribution < 1.29 is 9.59 Å². The average molecular weight is 294 g/mol. The number of rotatable bonds is 2. The zero-order chi connectivity index (χ0) is 15.5. The molecule has 2 amide bonds. The quantitative estimate of drug-likeness (QED) is 0.854. The molecule has 1 aliphatic rings. The van der Waals surface area contributed by atoms with Gasteiger partial charge in [-0.25, -0.2) is 0 Å².